The second-order valence-electron chi connectivity index (χ2n) is 3.12. The highest BCUT2D eigenvalue weighted by Crippen LogP contribution is 2.32. The van der Waals surface area contributed by atoms with Crippen LogP contribution in [0.25, 0.3) is 0 Å². The van der Waals surface area contributed by atoms with E-state index in [0.29, 0.717) is 6.42 Å². The first-order valence-corrected chi connectivity index (χ1v) is 3.40. The van der Waals surface area contributed by atoms with Gasteiger partial charge >= 0.3 is 5.97 Å². The zero-order valence-corrected chi connectivity index (χ0v) is 6.39. The average Bonchev–Trinajstić information content (AvgIpc) is 2.04. The molecule has 0 amide bonds. The number of carbonyl (C=O) groups is 1. The number of hydrogen-bond donors (Lipinski definition) is 0. The van der Waals surface area contributed by atoms with Crippen molar-refractivity contribution >= 4 is 5.97 Å². The van der Waals surface area contributed by atoms with Gasteiger partial charge in [-0.15, -0.1) is 6.58 Å². The molecule has 2 heteroatoms. The topological polar surface area (TPSA) is 26.3 Å². The van der Waals surface area contributed by atoms with Crippen molar-refractivity contribution in [2.45, 2.75) is 25.9 Å². The van der Waals surface area contributed by atoms with E-state index >= 15 is 0 Å². The molecule has 1 fully saturated rings. The first kappa shape index (κ1) is 7.32. The monoisotopic (exact) mass is 140 g/mol. The first-order valence-electron chi connectivity index (χ1n) is 3.40. The molecule has 1 aliphatic heterocycles. The van der Waals surface area contributed by atoms with Crippen molar-refractivity contribution in [3.05, 3.63) is 12.7 Å². The van der Waals surface area contributed by atoms with Crippen molar-refractivity contribution in [2.75, 3.05) is 0 Å². The van der Waals surface area contributed by atoms with Gasteiger partial charge in [-0.3, -0.25) is 4.79 Å². The van der Waals surface area contributed by atoms with Gasteiger partial charge in [-0.05, 0) is 13.8 Å². The second-order valence-corrected chi connectivity index (χ2v) is 3.12. The van der Waals surface area contributed by atoms with Gasteiger partial charge < -0.3 is 4.74 Å². The van der Waals surface area contributed by atoms with Gasteiger partial charge in [0.15, 0.2) is 0 Å². The molecule has 1 rings (SSSR count). The van der Waals surface area contributed by atoms with Gasteiger partial charge in [0.2, 0.25) is 0 Å². The van der Waals surface area contributed by atoms with Gasteiger partial charge in [0.1, 0.15) is 5.60 Å². The summed E-state index contributed by atoms with van der Waals surface area (Å²) in [4.78, 5) is 10.8. The number of ether oxygens (including phenoxy) is 1. The molecule has 2 nitrogen and oxygen atoms in total. The summed E-state index contributed by atoms with van der Waals surface area (Å²) >= 11 is 0. The van der Waals surface area contributed by atoms with Crippen molar-refractivity contribution in [2.24, 2.45) is 5.92 Å². The number of esters is 1. The largest absolute Gasteiger partial charge is 0.459 e. The average molecular weight is 140 g/mol. The Hall–Kier alpha value is -0.790. The van der Waals surface area contributed by atoms with E-state index in [0.717, 1.165) is 0 Å². The highest BCUT2D eigenvalue weighted by molar-refractivity contribution is 5.73. The lowest BCUT2D eigenvalue weighted by atomic mass is 9.91. The Balaban J connectivity index is 2.76. The van der Waals surface area contributed by atoms with Gasteiger partial charge in [0, 0.05) is 5.92 Å². The van der Waals surface area contributed by atoms with Crippen LogP contribution in [0.4, 0.5) is 0 Å². The lowest BCUT2D eigenvalue weighted by Crippen LogP contribution is -2.25. The molecule has 0 radical (unpaired) electrons. The molecule has 1 saturated heterocycles. The number of rotatable bonds is 1. The fraction of sp³-hybridized carbons (Fsp3) is 0.625. The molecule has 0 aromatic heterocycles. The van der Waals surface area contributed by atoms with E-state index in [1.165, 1.54) is 0 Å². The number of carbonyl (C=O) groups excluding carboxylic acids is 1. The normalized spacial score (nSPS) is 29.8. The quantitative estimate of drug-likeness (QED) is 0.407. The SMILES string of the molecule is C=C[C@H]1CC(=O)OC1(C)C. The lowest BCUT2D eigenvalue weighted by molar-refractivity contribution is -0.146. The van der Waals surface area contributed by atoms with E-state index in [4.69, 9.17) is 4.74 Å². The Morgan fingerprint density at radius 1 is 1.80 bits per heavy atom. The van der Waals surface area contributed by atoms with Crippen LogP contribution in [0.5, 0.6) is 0 Å². The Kier molecular flexibility index (Phi) is 1.55. The summed E-state index contributed by atoms with van der Waals surface area (Å²) in [5, 5.41) is 0. The van der Waals surface area contributed by atoms with Crippen molar-refractivity contribution in [3.8, 4) is 0 Å². The molecule has 0 unspecified atom stereocenters. The van der Waals surface area contributed by atoms with E-state index in [2.05, 4.69) is 6.58 Å². The van der Waals surface area contributed by atoms with Crippen LogP contribution in [-0.2, 0) is 9.53 Å². The molecule has 1 heterocycles. The maximum atomic E-state index is 10.8. The molecule has 10 heavy (non-hydrogen) atoms. The van der Waals surface area contributed by atoms with Crippen LogP contribution in [0.1, 0.15) is 20.3 Å². The predicted molar refractivity (Wildman–Crippen MR) is 38.5 cm³/mol. The summed E-state index contributed by atoms with van der Waals surface area (Å²) in [6.45, 7) is 7.45. The molecule has 0 aromatic rings. The van der Waals surface area contributed by atoms with E-state index in [-0.39, 0.29) is 17.5 Å². The predicted octanol–water partition coefficient (Wildman–Crippen LogP) is 1.51. The van der Waals surface area contributed by atoms with E-state index in [1.807, 2.05) is 13.8 Å². The summed E-state index contributed by atoms with van der Waals surface area (Å²) in [5.74, 6) is 0.0647. The van der Waals surface area contributed by atoms with Crippen LogP contribution in [0.15, 0.2) is 12.7 Å². The Morgan fingerprint density at radius 2 is 2.40 bits per heavy atom. The fourth-order valence-corrected chi connectivity index (χ4v) is 1.20. The summed E-state index contributed by atoms with van der Waals surface area (Å²) in [6.07, 6.45) is 2.27. The van der Waals surface area contributed by atoms with Gasteiger partial charge in [-0.2, -0.15) is 0 Å². The summed E-state index contributed by atoms with van der Waals surface area (Å²) in [6, 6.07) is 0. The third kappa shape index (κ3) is 1.06. The molecular formula is C8H12O2. The zero-order chi connectivity index (χ0) is 7.78. The minimum atomic E-state index is -0.334. The maximum Gasteiger partial charge on any atom is 0.307 e. The molecule has 1 aliphatic rings. The van der Waals surface area contributed by atoms with Crippen LogP contribution in [0.2, 0.25) is 0 Å². The van der Waals surface area contributed by atoms with Gasteiger partial charge in [0.25, 0.3) is 0 Å². The minimum absolute atomic E-state index is 0.116. The van der Waals surface area contributed by atoms with Crippen molar-refractivity contribution < 1.29 is 9.53 Å². The standard InChI is InChI=1S/C8H12O2/c1-4-6-5-7(9)10-8(6,2)3/h4,6H,1,5H2,2-3H3/t6-/m0/s1. The van der Waals surface area contributed by atoms with Gasteiger partial charge in [-0.1, -0.05) is 6.08 Å². The highest BCUT2D eigenvalue weighted by atomic mass is 16.6. The van der Waals surface area contributed by atoms with Gasteiger partial charge in [-0.25, -0.2) is 0 Å². The molecule has 0 aromatic carbocycles. The summed E-state index contributed by atoms with van der Waals surface area (Å²) < 4.78 is 5.04. The molecular weight excluding hydrogens is 128 g/mol. The second kappa shape index (κ2) is 2.11. The van der Waals surface area contributed by atoms with Crippen molar-refractivity contribution in [1.29, 1.82) is 0 Å². The van der Waals surface area contributed by atoms with Crippen LogP contribution in [-0.4, -0.2) is 11.6 Å². The number of cyclic esters (lactones) is 1. The molecule has 0 aliphatic carbocycles. The van der Waals surface area contributed by atoms with Crippen molar-refractivity contribution in [3.63, 3.8) is 0 Å². The molecule has 0 saturated carbocycles. The molecule has 1 atom stereocenters. The van der Waals surface area contributed by atoms with Crippen LogP contribution >= 0.6 is 0 Å². The number of hydrogen-bond acceptors (Lipinski definition) is 2. The zero-order valence-electron chi connectivity index (χ0n) is 6.39. The molecule has 56 valence electrons. The third-order valence-corrected chi connectivity index (χ3v) is 1.94. The van der Waals surface area contributed by atoms with Crippen LogP contribution in [0, 0.1) is 5.92 Å². The Bertz CT molecular complexity index is 170. The fourth-order valence-electron chi connectivity index (χ4n) is 1.20. The van der Waals surface area contributed by atoms with E-state index in [9.17, 15) is 4.79 Å². The minimum Gasteiger partial charge on any atom is -0.459 e. The Morgan fingerprint density at radius 3 is 2.60 bits per heavy atom. The molecule has 0 spiro atoms. The maximum absolute atomic E-state index is 10.8. The third-order valence-electron chi connectivity index (χ3n) is 1.94. The molecule has 0 N–H and O–H groups in total. The summed E-state index contributed by atoms with van der Waals surface area (Å²) in [5.41, 5.74) is -0.334. The van der Waals surface area contributed by atoms with E-state index in [1.54, 1.807) is 6.08 Å². The van der Waals surface area contributed by atoms with Crippen LogP contribution < -0.4 is 0 Å². The lowest BCUT2D eigenvalue weighted by Gasteiger charge is -2.21. The van der Waals surface area contributed by atoms with Gasteiger partial charge in [0.05, 0.1) is 6.42 Å². The summed E-state index contributed by atoms with van der Waals surface area (Å²) in [7, 11) is 0. The van der Waals surface area contributed by atoms with Crippen molar-refractivity contribution in [1.82, 2.24) is 0 Å². The molecule has 0 bridgehead atoms. The van der Waals surface area contributed by atoms with E-state index < -0.39 is 0 Å². The smallest absolute Gasteiger partial charge is 0.307 e. The van der Waals surface area contributed by atoms with Crippen LogP contribution in [0.3, 0.4) is 0 Å². The first-order chi connectivity index (χ1) is 4.56. The highest BCUT2D eigenvalue weighted by Gasteiger charge is 2.39. The Labute approximate surface area is 60.9 Å².